The molecule has 0 fully saturated rings. The van der Waals surface area contributed by atoms with E-state index >= 15 is 0 Å². The van der Waals surface area contributed by atoms with E-state index in [-0.39, 0.29) is 6.42 Å². The van der Waals surface area contributed by atoms with Gasteiger partial charge in [-0.1, -0.05) is 18.2 Å². The van der Waals surface area contributed by atoms with Crippen LogP contribution in [0.4, 0.5) is 0 Å². The van der Waals surface area contributed by atoms with E-state index in [0.29, 0.717) is 13.2 Å². The Morgan fingerprint density at radius 1 is 1.48 bits per heavy atom. The third kappa shape index (κ3) is 4.31. The zero-order valence-electron chi connectivity index (χ0n) is 12.1. The van der Waals surface area contributed by atoms with Crippen LogP contribution in [-0.2, 0) is 11.2 Å². The fraction of sp³-hybridized carbons (Fsp3) is 0.294. The Morgan fingerprint density at radius 2 is 2.33 bits per heavy atom. The second-order valence-electron chi connectivity index (χ2n) is 4.77. The van der Waals surface area contributed by atoms with Gasteiger partial charge in [0.05, 0.1) is 19.6 Å². The Hall–Kier alpha value is -2.36. The number of allylic oxidation sites excluding steroid dienone is 2. The lowest BCUT2D eigenvalue weighted by atomic mass is 10.00. The minimum atomic E-state index is -0.836. The number of fused-ring (bicyclic) bond motifs is 1. The van der Waals surface area contributed by atoms with Gasteiger partial charge in [-0.15, -0.1) is 0 Å². The average molecular weight is 285 g/mol. The summed E-state index contributed by atoms with van der Waals surface area (Å²) in [4.78, 5) is 15.2. The monoisotopic (exact) mass is 285 g/mol. The van der Waals surface area contributed by atoms with Gasteiger partial charge in [0.25, 0.3) is 0 Å². The zero-order chi connectivity index (χ0) is 15.1. The molecule has 4 nitrogen and oxygen atoms in total. The molecule has 4 heteroatoms. The summed E-state index contributed by atoms with van der Waals surface area (Å²) in [6, 6.07) is 5.54. The first kappa shape index (κ1) is 15.0. The Labute approximate surface area is 124 Å². The van der Waals surface area contributed by atoms with Crippen LogP contribution in [0.25, 0.3) is 5.57 Å². The van der Waals surface area contributed by atoms with Gasteiger partial charge in [0.1, 0.15) is 5.75 Å². The maximum Gasteiger partial charge on any atom is 0.307 e. The van der Waals surface area contributed by atoms with Crippen LogP contribution in [0.15, 0.2) is 41.4 Å². The largest absolute Gasteiger partial charge is 0.493 e. The van der Waals surface area contributed by atoms with Crippen molar-refractivity contribution in [2.24, 2.45) is 4.99 Å². The standard InChI is InChI=1S/C17H19NO3/c1-2-14-12-18-8-4-3-5-9-21-16-7-6-13(10-15(14)16)11-17(19)20/h2-4,6-8,10H,5,9,11-12H2,1H3,(H,19,20)/b4-3-,14-2-,18-8?. The minimum Gasteiger partial charge on any atom is -0.493 e. The molecule has 0 aromatic heterocycles. The van der Waals surface area contributed by atoms with E-state index in [9.17, 15) is 4.79 Å². The number of nitrogens with zero attached hydrogens (tertiary/aromatic N) is 1. The van der Waals surface area contributed by atoms with E-state index in [1.807, 2.05) is 37.3 Å². The Bertz CT molecular complexity index is 600. The highest BCUT2D eigenvalue weighted by Gasteiger charge is 2.11. The third-order valence-corrected chi connectivity index (χ3v) is 3.23. The molecule has 0 bridgehead atoms. The van der Waals surface area contributed by atoms with E-state index in [0.717, 1.165) is 28.9 Å². The van der Waals surface area contributed by atoms with Crippen molar-refractivity contribution in [1.82, 2.24) is 0 Å². The maximum atomic E-state index is 10.9. The number of ether oxygens (including phenoxy) is 1. The summed E-state index contributed by atoms with van der Waals surface area (Å²) >= 11 is 0. The van der Waals surface area contributed by atoms with E-state index in [1.165, 1.54) is 0 Å². The van der Waals surface area contributed by atoms with Gasteiger partial charge in [-0.2, -0.15) is 0 Å². The SMILES string of the molecule is C/C=C1/CN=C/C=C\CCOc2ccc(CC(=O)O)cc21. The lowest BCUT2D eigenvalue weighted by Gasteiger charge is -2.14. The summed E-state index contributed by atoms with van der Waals surface area (Å²) in [6.07, 6.45) is 8.54. The molecule has 2 rings (SSSR count). The van der Waals surface area contributed by atoms with Gasteiger partial charge in [0.15, 0.2) is 0 Å². The van der Waals surface area contributed by atoms with E-state index in [2.05, 4.69) is 4.99 Å². The molecule has 0 radical (unpaired) electrons. The van der Waals surface area contributed by atoms with E-state index in [4.69, 9.17) is 9.84 Å². The summed E-state index contributed by atoms with van der Waals surface area (Å²) in [6.45, 7) is 3.09. The highest BCUT2D eigenvalue weighted by Crippen LogP contribution is 2.28. The molecule has 1 aromatic carbocycles. The number of carbonyl (C=O) groups is 1. The molecule has 0 amide bonds. The van der Waals surface area contributed by atoms with Gasteiger partial charge >= 0.3 is 5.97 Å². The molecule has 1 heterocycles. The second-order valence-corrected chi connectivity index (χ2v) is 4.77. The summed E-state index contributed by atoms with van der Waals surface area (Å²) in [5.74, 6) is -0.0560. The number of aliphatic carboxylic acids is 1. The van der Waals surface area contributed by atoms with Crippen molar-refractivity contribution in [3.63, 3.8) is 0 Å². The molecular formula is C17H19NO3. The fourth-order valence-corrected chi connectivity index (χ4v) is 2.18. The molecule has 1 aliphatic rings. The molecule has 1 aromatic rings. The Kier molecular flexibility index (Phi) is 5.32. The van der Waals surface area contributed by atoms with Gasteiger partial charge in [0, 0.05) is 11.8 Å². The molecule has 1 aliphatic heterocycles. The van der Waals surface area contributed by atoms with Crippen molar-refractivity contribution in [3.05, 3.63) is 47.6 Å². The molecular weight excluding hydrogens is 266 g/mol. The quantitative estimate of drug-likeness (QED) is 0.908. The maximum absolute atomic E-state index is 10.9. The number of hydrogen-bond acceptors (Lipinski definition) is 3. The van der Waals surface area contributed by atoms with Crippen LogP contribution in [0.5, 0.6) is 5.75 Å². The second kappa shape index (κ2) is 7.43. The topological polar surface area (TPSA) is 58.9 Å². The zero-order valence-corrected chi connectivity index (χ0v) is 12.1. The van der Waals surface area contributed by atoms with Gasteiger partial charge in [-0.25, -0.2) is 0 Å². The predicted octanol–water partition coefficient (Wildman–Crippen LogP) is 3.13. The smallest absolute Gasteiger partial charge is 0.307 e. The molecule has 1 N–H and O–H groups in total. The number of aliphatic imine (C=N–C) groups is 1. The van der Waals surface area contributed by atoms with Crippen LogP contribution in [-0.4, -0.2) is 30.4 Å². The van der Waals surface area contributed by atoms with Crippen molar-refractivity contribution in [3.8, 4) is 5.75 Å². The van der Waals surface area contributed by atoms with Gasteiger partial charge in [0.2, 0.25) is 0 Å². The molecule has 110 valence electrons. The molecule has 0 saturated heterocycles. The van der Waals surface area contributed by atoms with Crippen molar-refractivity contribution < 1.29 is 14.6 Å². The molecule has 0 saturated carbocycles. The molecule has 0 aliphatic carbocycles. The predicted molar refractivity (Wildman–Crippen MR) is 84.0 cm³/mol. The van der Waals surface area contributed by atoms with Crippen molar-refractivity contribution in [1.29, 1.82) is 0 Å². The lowest BCUT2D eigenvalue weighted by Crippen LogP contribution is -2.04. The summed E-state index contributed by atoms with van der Waals surface area (Å²) in [5.41, 5.74) is 2.72. The number of hydrogen-bond donors (Lipinski definition) is 1. The van der Waals surface area contributed by atoms with Crippen molar-refractivity contribution >= 4 is 17.8 Å². The Morgan fingerprint density at radius 3 is 3.10 bits per heavy atom. The summed E-state index contributed by atoms with van der Waals surface area (Å²) in [5, 5.41) is 8.94. The first-order valence-corrected chi connectivity index (χ1v) is 6.98. The van der Waals surface area contributed by atoms with Gasteiger partial charge in [-0.05, 0) is 42.7 Å². The van der Waals surface area contributed by atoms with Crippen LogP contribution in [0.2, 0.25) is 0 Å². The van der Waals surface area contributed by atoms with Gasteiger partial charge < -0.3 is 9.84 Å². The Balaban J connectivity index is 2.39. The summed E-state index contributed by atoms with van der Waals surface area (Å²) in [7, 11) is 0. The molecule has 0 atom stereocenters. The lowest BCUT2D eigenvalue weighted by molar-refractivity contribution is -0.136. The average Bonchev–Trinajstić information content (AvgIpc) is 2.50. The summed E-state index contributed by atoms with van der Waals surface area (Å²) < 4.78 is 5.82. The van der Waals surface area contributed by atoms with Crippen molar-refractivity contribution in [2.45, 2.75) is 19.8 Å². The first-order valence-electron chi connectivity index (χ1n) is 6.98. The number of carboxylic acid groups (broad SMARTS) is 1. The number of carboxylic acids is 1. The molecule has 0 unspecified atom stereocenters. The molecule has 21 heavy (non-hydrogen) atoms. The number of rotatable bonds is 2. The normalized spacial score (nSPS) is 18.4. The molecule has 0 spiro atoms. The highest BCUT2D eigenvalue weighted by molar-refractivity contribution is 5.77. The van der Waals surface area contributed by atoms with Crippen LogP contribution in [0.3, 0.4) is 0 Å². The van der Waals surface area contributed by atoms with E-state index < -0.39 is 5.97 Å². The van der Waals surface area contributed by atoms with E-state index in [1.54, 1.807) is 12.3 Å². The van der Waals surface area contributed by atoms with Crippen LogP contribution in [0.1, 0.15) is 24.5 Å². The van der Waals surface area contributed by atoms with Crippen LogP contribution < -0.4 is 4.74 Å². The highest BCUT2D eigenvalue weighted by atomic mass is 16.5. The minimum absolute atomic E-state index is 0.00903. The number of benzene rings is 1. The van der Waals surface area contributed by atoms with Crippen LogP contribution in [0, 0.1) is 0 Å². The van der Waals surface area contributed by atoms with Crippen LogP contribution >= 0.6 is 0 Å². The third-order valence-electron chi connectivity index (χ3n) is 3.23. The fourth-order valence-electron chi connectivity index (χ4n) is 2.18. The van der Waals surface area contributed by atoms with Crippen molar-refractivity contribution in [2.75, 3.05) is 13.2 Å². The first-order chi connectivity index (χ1) is 10.2. The van der Waals surface area contributed by atoms with Gasteiger partial charge in [-0.3, -0.25) is 9.79 Å².